The van der Waals surface area contributed by atoms with E-state index in [9.17, 15) is 0 Å². The molecular weight excluding hydrogens is 192 g/mol. The van der Waals surface area contributed by atoms with Crippen molar-refractivity contribution in [1.82, 2.24) is 0 Å². The summed E-state index contributed by atoms with van der Waals surface area (Å²) in [5.74, 6) is 1.75. The average Bonchev–Trinajstić information content (AvgIpc) is 2.57. The molecule has 1 aromatic rings. The summed E-state index contributed by atoms with van der Waals surface area (Å²) in [4.78, 5) is 0. The van der Waals surface area contributed by atoms with Gasteiger partial charge in [0.15, 0.2) is 0 Å². The number of hydrogen-bond donors (Lipinski definition) is 0. The van der Waals surface area contributed by atoms with Crippen LogP contribution >= 0.6 is 0 Å². The Morgan fingerprint density at radius 1 is 1.12 bits per heavy atom. The Labute approximate surface area is 99.1 Å². The van der Waals surface area contributed by atoms with E-state index in [-0.39, 0.29) is 0 Å². The lowest BCUT2D eigenvalue weighted by Gasteiger charge is -2.33. The molecule has 0 bridgehead atoms. The summed E-state index contributed by atoms with van der Waals surface area (Å²) in [6, 6.07) is 9.15. The van der Waals surface area contributed by atoms with E-state index in [4.69, 9.17) is 0 Å². The van der Waals surface area contributed by atoms with E-state index in [1.807, 2.05) is 0 Å². The first-order valence-corrected chi connectivity index (χ1v) is 6.76. The highest BCUT2D eigenvalue weighted by Gasteiger charge is 2.42. The zero-order chi connectivity index (χ0) is 11.2. The van der Waals surface area contributed by atoms with E-state index < -0.39 is 0 Å². The van der Waals surface area contributed by atoms with Crippen molar-refractivity contribution in [2.75, 3.05) is 0 Å². The molecule has 16 heavy (non-hydrogen) atoms. The number of benzene rings is 1. The maximum absolute atomic E-state index is 2.49. The van der Waals surface area contributed by atoms with E-state index >= 15 is 0 Å². The van der Waals surface area contributed by atoms with Gasteiger partial charge in [0.05, 0.1) is 0 Å². The second-order valence-electron chi connectivity index (χ2n) is 6.35. The third kappa shape index (κ3) is 1.50. The fourth-order valence-corrected chi connectivity index (χ4v) is 3.99. The van der Waals surface area contributed by atoms with Crippen LogP contribution in [0.1, 0.15) is 56.6 Å². The van der Waals surface area contributed by atoms with Gasteiger partial charge in [0.25, 0.3) is 0 Å². The Balaban J connectivity index is 2.01. The lowest BCUT2D eigenvalue weighted by molar-refractivity contribution is 0.187. The first-order valence-electron chi connectivity index (χ1n) is 6.76. The zero-order valence-electron chi connectivity index (χ0n) is 10.5. The molecule has 0 heteroatoms. The van der Waals surface area contributed by atoms with Gasteiger partial charge >= 0.3 is 0 Å². The van der Waals surface area contributed by atoms with Crippen molar-refractivity contribution in [3.8, 4) is 0 Å². The van der Waals surface area contributed by atoms with Gasteiger partial charge in [-0.05, 0) is 47.6 Å². The molecule has 0 nitrogen and oxygen atoms in total. The SMILES string of the molecule is CC1(C)CCCCC2c3ccccc3CC21. The van der Waals surface area contributed by atoms with Crippen LogP contribution in [0.15, 0.2) is 24.3 Å². The minimum absolute atomic E-state index is 0.542. The van der Waals surface area contributed by atoms with Gasteiger partial charge in [0.2, 0.25) is 0 Å². The summed E-state index contributed by atoms with van der Waals surface area (Å²) in [6.07, 6.45) is 7.03. The summed E-state index contributed by atoms with van der Waals surface area (Å²) in [7, 11) is 0. The molecule has 3 rings (SSSR count). The Morgan fingerprint density at radius 2 is 1.94 bits per heavy atom. The maximum Gasteiger partial charge on any atom is -0.0123 e. The van der Waals surface area contributed by atoms with E-state index in [0.29, 0.717) is 5.41 Å². The highest BCUT2D eigenvalue weighted by molar-refractivity contribution is 5.37. The molecule has 0 heterocycles. The summed E-state index contributed by atoms with van der Waals surface area (Å²) in [5, 5.41) is 0. The van der Waals surface area contributed by atoms with Crippen LogP contribution in [-0.4, -0.2) is 0 Å². The molecule has 1 fully saturated rings. The van der Waals surface area contributed by atoms with Gasteiger partial charge in [0.1, 0.15) is 0 Å². The summed E-state index contributed by atoms with van der Waals surface area (Å²) in [6.45, 7) is 4.98. The highest BCUT2D eigenvalue weighted by Crippen LogP contribution is 2.52. The number of fused-ring (bicyclic) bond motifs is 3. The molecule has 1 aromatic carbocycles. The minimum Gasteiger partial charge on any atom is -0.0620 e. The predicted molar refractivity (Wildman–Crippen MR) is 68.6 cm³/mol. The number of hydrogen-bond acceptors (Lipinski definition) is 0. The molecule has 2 unspecified atom stereocenters. The van der Waals surface area contributed by atoms with Crippen molar-refractivity contribution < 1.29 is 0 Å². The zero-order valence-corrected chi connectivity index (χ0v) is 10.5. The van der Waals surface area contributed by atoms with Crippen molar-refractivity contribution in [3.63, 3.8) is 0 Å². The van der Waals surface area contributed by atoms with E-state index in [2.05, 4.69) is 38.1 Å². The van der Waals surface area contributed by atoms with Gasteiger partial charge in [-0.15, -0.1) is 0 Å². The Hall–Kier alpha value is -0.780. The minimum atomic E-state index is 0.542. The quantitative estimate of drug-likeness (QED) is 0.594. The van der Waals surface area contributed by atoms with Crippen LogP contribution in [0.2, 0.25) is 0 Å². The summed E-state index contributed by atoms with van der Waals surface area (Å²) >= 11 is 0. The van der Waals surface area contributed by atoms with Crippen LogP contribution < -0.4 is 0 Å². The second-order valence-corrected chi connectivity index (χ2v) is 6.35. The molecule has 0 radical (unpaired) electrons. The lowest BCUT2D eigenvalue weighted by Crippen LogP contribution is -2.25. The second kappa shape index (κ2) is 3.61. The van der Waals surface area contributed by atoms with Crippen LogP contribution in [0.4, 0.5) is 0 Å². The van der Waals surface area contributed by atoms with Crippen LogP contribution in [0.25, 0.3) is 0 Å². The fourth-order valence-electron chi connectivity index (χ4n) is 3.99. The Kier molecular flexibility index (Phi) is 2.34. The largest absolute Gasteiger partial charge is 0.0620 e. The molecule has 0 spiro atoms. The van der Waals surface area contributed by atoms with Crippen molar-refractivity contribution in [1.29, 1.82) is 0 Å². The first-order chi connectivity index (χ1) is 7.68. The van der Waals surface area contributed by atoms with E-state index in [1.165, 1.54) is 32.1 Å². The predicted octanol–water partition coefficient (Wildman–Crippen LogP) is 4.54. The van der Waals surface area contributed by atoms with Crippen LogP contribution in [0.5, 0.6) is 0 Å². The Bertz CT molecular complexity index is 389. The lowest BCUT2D eigenvalue weighted by atomic mass is 9.71. The topological polar surface area (TPSA) is 0 Å². The van der Waals surface area contributed by atoms with Crippen LogP contribution in [-0.2, 0) is 6.42 Å². The van der Waals surface area contributed by atoms with Crippen molar-refractivity contribution in [2.45, 2.75) is 51.9 Å². The molecule has 0 N–H and O–H groups in total. The number of rotatable bonds is 0. The van der Waals surface area contributed by atoms with Gasteiger partial charge in [0, 0.05) is 0 Å². The molecule has 1 saturated carbocycles. The Morgan fingerprint density at radius 3 is 2.81 bits per heavy atom. The fraction of sp³-hybridized carbons (Fsp3) is 0.625. The highest BCUT2D eigenvalue weighted by atomic mass is 14.5. The van der Waals surface area contributed by atoms with Crippen LogP contribution in [0.3, 0.4) is 0 Å². The van der Waals surface area contributed by atoms with Gasteiger partial charge in [-0.1, -0.05) is 51.0 Å². The smallest absolute Gasteiger partial charge is 0.0123 e. The normalized spacial score (nSPS) is 31.6. The van der Waals surface area contributed by atoms with Crippen molar-refractivity contribution in [3.05, 3.63) is 35.4 Å². The van der Waals surface area contributed by atoms with E-state index in [0.717, 1.165) is 11.8 Å². The molecule has 2 atom stereocenters. The van der Waals surface area contributed by atoms with Gasteiger partial charge in [-0.2, -0.15) is 0 Å². The molecule has 0 saturated heterocycles. The molecule has 0 aromatic heterocycles. The van der Waals surface area contributed by atoms with Crippen molar-refractivity contribution in [2.24, 2.45) is 11.3 Å². The molecular formula is C16H22. The van der Waals surface area contributed by atoms with Crippen LogP contribution in [0, 0.1) is 11.3 Å². The van der Waals surface area contributed by atoms with Crippen molar-refractivity contribution >= 4 is 0 Å². The third-order valence-corrected chi connectivity index (χ3v) is 4.97. The molecule has 2 aliphatic rings. The average molecular weight is 214 g/mol. The summed E-state index contributed by atoms with van der Waals surface area (Å²) in [5.41, 5.74) is 3.84. The standard InChI is InChI=1S/C16H22/c1-16(2)10-6-5-9-14-13-8-4-3-7-12(13)11-15(14)16/h3-4,7-8,14-15H,5-6,9-11H2,1-2H3. The van der Waals surface area contributed by atoms with Gasteiger partial charge in [-0.3, -0.25) is 0 Å². The van der Waals surface area contributed by atoms with Gasteiger partial charge < -0.3 is 0 Å². The molecule has 86 valence electrons. The van der Waals surface area contributed by atoms with Gasteiger partial charge in [-0.25, -0.2) is 0 Å². The third-order valence-electron chi connectivity index (χ3n) is 4.97. The molecule has 0 amide bonds. The summed E-state index contributed by atoms with van der Waals surface area (Å²) < 4.78 is 0. The monoisotopic (exact) mass is 214 g/mol. The molecule has 2 aliphatic carbocycles. The maximum atomic E-state index is 2.49. The molecule has 0 aliphatic heterocycles. The first kappa shape index (κ1) is 10.4. The van der Waals surface area contributed by atoms with E-state index in [1.54, 1.807) is 11.1 Å².